The zero-order valence-corrected chi connectivity index (χ0v) is 30.9. The van der Waals surface area contributed by atoms with Gasteiger partial charge in [-0.25, -0.2) is 28.8 Å². The first-order chi connectivity index (χ1) is 27.6. The average molecular weight is 791 g/mol. The van der Waals surface area contributed by atoms with Crippen LogP contribution in [-0.4, -0.2) is 88.0 Å². The van der Waals surface area contributed by atoms with Crippen molar-refractivity contribution in [2.75, 3.05) is 39.6 Å². The summed E-state index contributed by atoms with van der Waals surface area (Å²) in [4.78, 5) is 72.3. The Kier molecular flexibility index (Phi) is 17.7. The molecule has 57 heavy (non-hydrogen) atoms. The minimum absolute atomic E-state index is 0.0450. The maximum Gasteiger partial charge on any atom is 0.513 e. The fourth-order valence-corrected chi connectivity index (χ4v) is 4.82. The molecule has 0 bridgehead atoms. The molecule has 1 heterocycles. The predicted molar refractivity (Wildman–Crippen MR) is 197 cm³/mol. The van der Waals surface area contributed by atoms with E-state index in [4.69, 9.17) is 47.4 Å². The second-order valence-corrected chi connectivity index (χ2v) is 11.9. The van der Waals surface area contributed by atoms with Crippen molar-refractivity contribution in [2.24, 2.45) is 0 Å². The van der Waals surface area contributed by atoms with Crippen LogP contribution in [0.2, 0.25) is 0 Å². The smallest absolute Gasteiger partial charge is 0.463 e. The van der Waals surface area contributed by atoms with Crippen LogP contribution < -0.4 is 9.47 Å². The van der Waals surface area contributed by atoms with E-state index in [1.165, 1.54) is 48.5 Å². The third-order valence-electron chi connectivity index (χ3n) is 7.76. The lowest BCUT2D eigenvalue weighted by molar-refractivity contribution is -0.262. The van der Waals surface area contributed by atoms with Gasteiger partial charge in [-0.3, -0.25) is 0 Å². The highest BCUT2D eigenvalue weighted by molar-refractivity contribution is 5.90. The molecule has 16 nitrogen and oxygen atoms in total. The van der Waals surface area contributed by atoms with Crippen molar-refractivity contribution in [3.63, 3.8) is 0 Å². The maximum atomic E-state index is 13.2. The van der Waals surface area contributed by atoms with Gasteiger partial charge in [-0.1, -0.05) is 43.5 Å². The van der Waals surface area contributed by atoms with E-state index in [9.17, 15) is 28.8 Å². The number of rotatable bonds is 20. The molecule has 1 fully saturated rings. The fourth-order valence-electron chi connectivity index (χ4n) is 4.82. The Morgan fingerprint density at radius 1 is 0.596 bits per heavy atom. The van der Waals surface area contributed by atoms with Crippen molar-refractivity contribution in [3.8, 4) is 11.5 Å². The zero-order valence-electron chi connectivity index (χ0n) is 30.9. The Bertz CT molecular complexity index is 1810. The van der Waals surface area contributed by atoms with Gasteiger partial charge >= 0.3 is 36.2 Å². The van der Waals surface area contributed by atoms with Gasteiger partial charge < -0.3 is 47.4 Å². The van der Waals surface area contributed by atoms with Gasteiger partial charge in [0.25, 0.3) is 0 Å². The molecule has 0 aliphatic carbocycles. The van der Waals surface area contributed by atoms with Crippen LogP contribution >= 0.6 is 0 Å². The van der Waals surface area contributed by atoms with Crippen molar-refractivity contribution in [2.45, 2.75) is 44.2 Å². The van der Waals surface area contributed by atoms with Gasteiger partial charge in [0.05, 0.1) is 44.2 Å². The van der Waals surface area contributed by atoms with Gasteiger partial charge in [-0.05, 0) is 74.2 Å². The van der Waals surface area contributed by atoms with Gasteiger partial charge in [0.1, 0.15) is 24.2 Å². The molecule has 1 aliphatic rings. The van der Waals surface area contributed by atoms with E-state index in [1.54, 1.807) is 12.1 Å². The summed E-state index contributed by atoms with van der Waals surface area (Å²) >= 11 is 0. The van der Waals surface area contributed by atoms with E-state index < -0.39 is 54.7 Å². The molecule has 0 amide bonds. The molecule has 1 aliphatic heterocycles. The first-order valence-electron chi connectivity index (χ1n) is 17.8. The second kappa shape index (κ2) is 23.4. The average Bonchev–Trinajstić information content (AvgIpc) is 3.23. The number of esters is 4. The van der Waals surface area contributed by atoms with Gasteiger partial charge in [-0.2, -0.15) is 0 Å². The van der Waals surface area contributed by atoms with Gasteiger partial charge in [0.15, 0.2) is 12.4 Å². The Morgan fingerprint density at radius 2 is 1.07 bits per heavy atom. The Labute approximate surface area is 328 Å². The number of benzene rings is 3. The van der Waals surface area contributed by atoms with Gasteiger partial charge in [-0.15, -0.1) is 0 Å². The van der Waals surface area contributed by atoms with Crippen LogP contribution in [0.25, 0.3) is 0 Å². The predicted octanol–water partition coefficient (Wildman–Crippen LogP) is 6.23. The zero-order chi connectivity index (χ0) is 40.8. The van der Waals surface area contributed by atoms with E-state index >= 15 is 0 Å². The molecule has 1 saturated heterocycles. The fraction of sp³-hybridized carbons (Fsp3) is 0.317. The highest BCUT2D eigenvalue weighted by atomic mass is 16.7. The standard InChI is InChI=1S/C41H42O16/c1-3-35(42)48-22-8-10-24-50-40(46)54-31-18-14-28(15-19-31)37(44)52-26-34-33(27-53-39(57-34)30-12-6-5-7-13-30)56-38(45)29-16-20-32(21-17-29)55-41(47)51-25-11-9-23-49-36(43)4-2/h3-7,12-21,33-34,39H,1-2,8-11,22-27H2/t33-,34-,39+/m1/s1. The van der Waals surface area contributed by atoms with E-state index in [-0.39, 0.29) is 62.3 Å². The lowest BCUT2D eigenvalue weighted by Crippen LogP contribution is -2.46. The minimum atomic E-state index is -0.986. The molecule has 0 unspecified atom stereocenters. The minimum Gasteiger partial charge on any atom is -0.463 e. The van der Waals surface area contributed by atoms with Crippen LogP contribution in [0.5, 0.6) is 11.5 Å². The van der Waals surface area contributed by atoms with Crippen LogP contribution in [0.4, 0.5) is 9.59 Å². The SMILES string of the molecule is C=CC(=O)OCCCCOC(=O)Oc1ccc(C(=O)OC[C@H]2O[C@@H](c3ccccc3)OC[C@H]2OC(=O)c2ccc(OC(=O)OCCCCOC(=O)C=C)cc2)cc1. The highest BCUT2D eigenvalue weighted by Crippen LogP contribution is 2.29. The summed E-state index contributed by atoms with van der Waals surface area (Å²) in [5.74, 6) is -2.29. The third kappa shape index (κ3) is 15.3. The third-order valence-corrected chi connectivity index (χ3v) is 7.76. The monoisotopic (exact) mass is 790 g/mol. The van der Waals surface area contributed by atoms with Crippen molar-refractivity contribution < 1.29 is 76.1 Å². The topological polar surface area (TPSA) is 195 Å². The summed E-state index contributed by atoms with van der Waals surface area (Å²) in [5.41, 5.74) is 0.969. The van der Waals surface area contributed by atoms with Crippen molar-refractivity contribution in [1.82, 2.24) is 0 Å². The Morgan fingerprint density at radius 3 is 1.56 bits per heavy atom. The molecule has 16 heteroatoms. The summed E-state index contributed by atoms with van der Waals surface area (Å²) in [6.07, 6.45) is -0.693. The van der Waals surface area contributed by atoms with Crippen LogP contribution in [0, 0.1) is 0 Å². The van der Waals surface area contributed by atoms with Gasteiger partial charge in [0.2, 0.25) is 0 Å². The number of hydrogen-bond acceptors (Lipinski definition) is 16. The Hall–Kier alpha value is -6.52. The summed E-state index contributed by atoms with van der Waals surface area (Å²) in [6, 6.07) is 20.2. The highest BCUT2D eigenvalue weighted by Gasteiger charge is 2.37. The van der Waals surface area contributed by atoms with E-state index in [2.05, 4.69) is 13.2 Å². The molecule has 0 saturated carbocycles. The number of carbonyl (C=O) groups is 6. The van der Waals surface area contributed by atoms with Crippen molar-refractivity contribution in [1.29, 1.82) is 0 Å². The largest absolute Gasteiger partial charge is 0.513 e. The molecule has 3 aromatic rings. The molecule has 302 valence electrons. The second-order valence-electron chi connectivity index (χ2n) is 11.9. The normalized spacial score (nSPS) is 15.8. The van der Waals surface area contributed by atoms with Crippen molar-refractivity contribution >= 4 is 36.2 Å². The van der Waals surface area contributed by atoms with E-state index in [1.807, 2.05) is 18.2 Å². The number of ether oxygens (including phenoxy) is 10. The molecule has 3 aromatic carbocycles. The quantitative estimate of drug-likeness (QED) is 0.0410. The van der Waals surface area contributed by atoms with Gasteiger partial charge in [0, 0.05) is 17.7 Å². The molecular weight excluding hydrogens is 748 g/mol. The summed E-state index contributed by atoms with van der Waals surface area (Å²) in [7, 11) is 0. The van der Waals surface area contributed by atoms with Crippen molar-refractivity contribution in [3.05, 3.63) is 121 Å². The lowest BCUT2D eigenvalue weighted by Gasteiger charge is -2.35. The summed E-state index contributed by atoms with van der Waals surface area (Å²) in [5, 5.41) is 0. The first kappa shape index (κ1) is 43.2. The molecule has 0 N–H and O–H groups in total. The lowest BCUT2D eigenvalue weighted by atomic mass is 10.1. The van der Waals surface area contributed by atoms with Crippen LogP contribution in [0.1, 0.15) is 58.3 Å². The number of hydrogen-bond donors (Lipinski definition) is 0. The Balaban J connectivity index is 1.26. The van der Waals surface area contributed by atoms with E-state index in [0.717, 1.165) is 12.2 Å². The molecule has 3 atom stereocenters. The molecule has 0 aromatic heterocycles. The summed E-state index contributed by atoms with van der Waals surface area (Å²) in [6.45, 7) is 6.64. The van der Waals surface area contributed by atoms with E-state index in [0.29, 0.717) is 31.2 Å². The summed E-state index contributed by atoms with van der Waals surface area (Å²) < 4.78 is 53.2. The molecule has 0 spiro atoms. The van der Waals surface area contributed by atoms with Crippen LogP contribution in [0.15, 0.2) is 104 Å². The maximum absolute atomic E-state index is 13.2. The molecular formula is C41H42O16. The van der Waals surface area contributed by atoms with Crippen LogP contribution in [0.3, 0.4) is 0 Å². The van der Waals surface area contributed by atoms with Crippen LogP contribution in [-0.2, 0) is 47.5 Å². The number of carbonyl (C=O) groups excluding carboxylic acids is 6. The molecule has 4 rings (SSSR count). The molecule has 0 radical (unpaired) electrons. The first-order valence-corrected chi connectivity index (χ1v) is 17.8. The number of unbranched alkanes of at least 4 members (excludes halogenated alkanes) is 2.